The second kappa shape index (κ2) is 7.18. The minimum Gasteiger partial charge on any atom is -0.550 e. The van der Waals surface area contributed by atoms with Gasteiger partial charge in [-0.1, -0.05) is 6.92 Å². The van der Waals surface area contributed by atoms with Crippen LogP contribution >= 0.6 is 0 Å². The van der Waals surface area contributed by atoms with Crippen molar-refractivity contribution in [2.75, 3.05) is 6.61 Å². The largest absolute Gasteiger partial charge is 1.00 e. The maximum Gasteiger partial charge on any atom is 1.00 e. The topological polar surface area (TPSA) is 60.4 Å². The van der Waals surface area contributed by atoms with Gasteiger partial charge in [-0.25, -0.2) is 0 Å². The summed E-state index contributed by atoms with van der Waals surface area (Å²) in [6.07, 6.45) is 0.280. The molecule has 1 N–H and O–H groups in total. The minimum absolute atomic E-state index is 0. The average Bonchev–Trinajstić information content (AvgIpc) is 1.67. The van der Waals surface area contributed by atoms with E-state index in [4.69, 9.17) is 5.11 Å². The molecule has 3 nitrogen and oxygen atoms in total. The molecule has 0 amide bonds. The average molecular weight is 156 g/mol. The number of aliphatic hydroxyl groups excluding tert-OH is 1. The van der Waals surface area contributed by atoms with Crippen molar-refractivity contribution < 1.29 is 66.4 Å². The van der Waals surface area contributed by atoms with Crippen LogP contribution in [0.5, 0.6) is 0 Å². The SMILES string of the molecule is CC(CCO)C(=O)[O-].[K+]. The zero-order valence-electron chi connectivity index (χ0n) is 5.76. The van der Waals surface area contributed by atoms with Crippen LogP contribution < -0.4 is 56.5 Å². The Hall–Kier alpha value is 1.07. The van der Waals surface area contributed by atoms with Gasteiger partial charge in [0, 0.05) is 12.6 Å². The monoisotopic (exact) mass is 156 g/mol. The number of carbonyl (C=O) groups excluding carboxylic acids is 1. The third-order valence-electron chi connectivity index (χ3n) is 0.964. The molecule has 1 unspecified atom stereocenters. The summed E-state index contributed by atoms with van der Waals surface area (Å²) in [6, 6.07) is 0. The van der Waals surface area contributed by atoms with Gasteiger partial charge < -0.3 is 15.0 Å². The van der Waals surface area contributed by atoms with E-state index in [1.807, 2.05) is 0 Å². The summed E-state index contributed by atoms with van der Waals surface area (Å²) in [6.45, 7) is 1.42. The first-order valence-electron chi connectivity index (χ1n) is 2.50. The first-order chi connectivity index (χ1) is 3.68. The van der Waals surface area contributed by atoms with Crippen molar-refractivity contribution in [2.24, 2.45) is 5.92 Å². The second-order valence-electron chi connectivity index (χ2n) is 1.73. The molecule has 0 radical (unpaired) electrons. The molecule has 0 aliphatic rings. The third kappa shape index (κ3) is 6.96. The summed E-state index contributed by atoms with van der Waals surface area (Å²) in [4.78, 5) is 9.87. The van der Waals surface area contributed by atoms with Crippen molar-refractivity contribution in [3.8, 4) is 0 Å². The molecule has 0 fully saturated rings. The minimum atomic E-state index is -1.10. The van der Waals surface area contributed by atoms with Crippen molar-refractivity contribution >= 4 is 5.97 Å². The molecule has 9 heavy (non-hydrogen) atoms. The van der Waals surface area contributed by atoms with E-state index in [-0.39, 0.29) is 64.4 Å². The molecule has 0 aliphatic heterocycles. The van der Waals surface area contributed by atoms with Crippen molar-refractivity contribution in [3.05, 3.63) is 0 Å². The molecule has 0 rings (SSSR count). The van der Waals surface area contributed by atoms with Gasteiger partial charge in [0.1, 0.15) is 0 Å². The van der Waals surface area contributed by atoms with E-state index >= 15 is 0 Å². The summed E-state index contributed by atoms with van der Waals surface area (Å²) < 4.78 is 0. The van der Waals surface area contributed by atoms with E-state index in [2.05, 4.69) is 0 Å². The fraction of sp³-hybridized carbons (Fsp3) is 0.800. The number of hydrogen-bond acceptors (Lipinski definition) is 3. The van der Waals surface area contributed by atoms with Crippen LogP contribution in [0.15, 0.2) is 0 Å². The van der Waals surface area contributed by atoms with Crippen LogP contribution in [0.4, 0.5) is 0 Å². The molecule has 0 bridgehead atoms. The maximum atomic E-state index is 9.87. The van der Waals surface area contributed by atoms with Gasteiger partial charge in [-0.2, -0.15) is 0 Å². The number of aliphatic carboxylic acids is 1. The maximum absolute atomic E-state index is 9.87. The molecule has 48 valence electrons. The predicted octanol–water partition coefficient (Wildman–Crippen LogP) is -4.24. The first-order valence-corrected chi connectivity index (χ1v) is 2.50. The van der Waals surface area contributed by atoms with Gasteiger partial charge in [-0.3, -0.25) is 0 Å². The summed E-state index contributed by atoms with van der Waals surface area (Å²) >= 11 is 0. The van der Waals surface area contributed by atoms with Gasteiger partial charge >= 0.3 is 51.4 Å². The van der Waals surface area contributed by atoms with Gasteiger partial charge in [0.15, 0.2) is 0 Å². The summed E-state index contributed by atoms with van der Waals surface area (Å²) in [5, 5.41) is 18.1. The predicted molar refractivity (Wildman–Crippen MR) is 25.9 cm³/mol. The molecule has 0 aromatic carbocycles. The Kier molecular flexibility index (Phi) is 10.1. The molecule has 0 saturated carbocycles. The Morgan fingerprint density at radius 3 is 2.33 bits per heavy atom. The molecular weight excluding hydrogens is 147 g/mol. The van der Waals surface area contributed by atoms with Crippen molar-refractivity contribution in [3.63, 3.8) is 0 Å². The van der Waals surface area contributed by atoms with E-state index < -0.39 is 11.9 Å². The van der Waals surface area contributed by atoms with Gasteiger partial charge in [0.2, 0.25) is 0 Å². The molecule has 4 heteroatoms. The van der Waals surface area contributed by atoms with E-state index in [0.29, 0.717) is 0 Å². The summed E-state index contributed by atoms with van der Waals surface area (Å²) in [7, 11) is 0. The van der Waals surface area contributed by atoms with E-state index in [1.165, 1.54) is 6.92 Å². The number of rotatable bonds is 3. The summed E-state index contributed by atoms with van der Waals surface area (Å²) in [5.74, 6) is -1.63. The third-order valence-corrected chi connectivity index (χ3v) is 0.964. The number of carbonyl (C=O) groups is 1. The van der Waals surface area contributed by atoms with Crippen molar-refractivity contribution in [2.45, 2.75) is 13.3 Å². The Labute approximate surface area is 96.9 Å². The normalized spacial score (nSPS) is 11.8. The van der Waals surface area contributed by atoms with Crippen molar-refractivity contribution in [1.29, 1.82) is 0 Å². The van der Waals surface area contributed by atoms with Crippen LogP contribution in [-0.4, -0.2) is 17.7 Å². The molecule has 0 saturated heterocycles. The van der Waals surface area contributed by atoms with Crippen molar-refractivity contribution in [1.82, 2.24) is 0 Å². The van der Waals surface area contributed by atoms with E-state index in [1.54, 1.807) is 0 Å². The molecule has 1 atom stereocenters. The Bertz CT molecular complexity index is 84.3. The summed E-state index contributed by atoms with van der Waals surface area (Å²) in [5.41, 5.74) is 0. The van der Waals surface area contributed by atoms with Gasteiger partial charge in [0.05, 0.1) is 0 Å². The van der Waals surface area contributed by atoms with Gasteiger partial charge in [0.25, 0.3) is 0 Å². The number of hydrogen-bond donors (Lipinski definition) is 1. The fourth-order valence-electron chi connectivity index (χ4n) is 0.312. The molecule has 0 spiro atoms. The Balaban J connectivity index is 0. The smallest absolute Gasteiger partial charge is 0.550 e. The van der Waals surface area contributed by atoms with Crippen LogP contribution in [-0.2, 0) is 4.79 Å². The van der Waals surface area contributed by atoms with E-state index in [0.717, 1.165) is 0 Å². The van der Waals surface area contributed by atoms with Crippen LogP contribution in [0.3, 0.4) is 0 Å². The quantitative estimate of drug-likeness (QED) is 0.421. The van der Waals surface area contributed by atoms with Crippen LogP contribution in [0, 0.1) is 5.92 Å². The standard InChI is InChI=1S/C5H10O3.K/c1-4(2-3-6)5(7)8;/h4,6H,2-3H2,1H3,(H,7,8);/q;+1/p-1. The zero-order chi connectivity index (χ0) is 6.57. The fourth-order valence-corrected chi connectivity index (χ4v) is 0.312. The molecular formula is C5H9KO3. The zero-order valence-corrected chi connectivity index (χ0v) is 8.88. The second-order valence-corrected chi connectivity index (χ2v) is 1.73. The molecule has 0 aromatic heterocycles. The Morgan fingerprint density at radius 2 is 2.22 bits per heavy atom. The number of carboxylic acids is 1. The first kappa shape index (κ1) is 12.7. The molecule has 0 aromatic rings. The van der Waals surface area contributed by atoms with Gasteiger partial charge in [-0.05, 0) is 12.3 Å². The molecule has 0 heterocycles. The molecule has 0 aliphatic carbocycles. The number of carboxylic acid groups (broad SMARTS) is 1. The Morgan fingerprint density at radius 1 is 1.78 bits per heavy atom. The van der Waals surface area contributed by atoms with Gasteiger partial charge in [-0.15, -0.1) is 0 Å². The van der Waals surface area contributed by atoms with Crippen LogP contribution in [0.1, 0.15) is 13.3 Å². The van der Waals surface area contributed by atoms with Crippen LogP contribution in [0.2, 0.25) is 0 Å². The number of aliphatic hydroxyl groups is 1. The van der Waals surface area contributed by atoms with E-state index in [9.17, 15) is 9.90 Å². The van der Waals surface area contributed by atoms with Crippen LogP contribution in [0.25, 0.3) is 0 Å².